The van der Waals surface area contributed by atoms with E-state index in [-0.39, 0.29) is 0 Å². The number of piperidine rings is 1. The van der Waals surface area contributed by atoms with E-state index in [2.05, 4.69) is 22.1 Å². The van der Waals surface area contributed by atoms with E-state index in [1.165, 1.54) is 32.4 Å². The van der Waals surface area contributed by atoms with Crippen LogP contribution in [0, 0.1) is 0 Å². The molecule has 0 bridgehead atoms. The fraction of sp³-hybridized carbons (Fsp3) is 0.333. The zero-order valence-electron chi connectivity index (χ0n) is 19.0. The molecule has 1 saturated heterocycles. The number of rotatable bonds is 7. The first-order valence-electron chi connectivity index (χ1n) is 11.7. The van der Waals surface area contributed by atoms with Crippen molar-refractivity contribution < 1.29 is 9.84 Å². The van der Waals surface area contributed by atoms with Crippen LogP contribution in [-0.2, 0) is 0 Å². The molecule has 0 radical (unpaired) electrons. The first-order chi connectivity index (χ1) is 16.2. The van der Waals surface area contributed by atoms with Gasteiger partial charge < -0.3 is 9.84 Å². The van der Waals surface area contributed by atoms with Crippen LogP contribution in [0.2, 0.25) is 0 Å². The molecule has 1 aliphatic heterocycles. The van der Waals surface area contributed by atoms with Crippen molar-refractivity contribution in [1.82, 2.24) is 19.5 Å². The van der Waals surface area contributed by atoms with Gasteiger partial charge in [-0.2, -0.15) is 5.10 Å². The molecule has 0 spiro atoms. The van der Waals surface area contributed by atoms with Crippen LogP contribution < -0.4 is 4.74 Å². The van der Waals surface area contributed by atoms with E-state index in [0.29, 0.717) is 0 Å². The predicted molar refractivity (Wildman–Crippen MR) is 130 cm³/mol. The molecule has 1 N–H and O–H groups in total. The van der Waals surface area contributed by atoms with Gasteiger partial charge in [0.2, 0.25) is 0 Å². The fourth-order valence-corrected chi connectivity index (χ4v) is 4.41. The van der Waals surface area contributed by atoms with Crippen LogP contribution in [0.1, 0.15) is 37.9 Å². The lowest BCUT2D eigenvalue weighted by atomic mass is 10.0. The highest BCUT2D eigenvalue weighted by atomic mass is 16.5. The lowest BCUT2D eigenvalue weighted by molar-refractivity contribution is 0.183. The second-order valence-electron chi connectivity index (χ2n) is 8.75. The standard InChI is InChI=1S/C27H30N4O2/c1-20(32)22-6-5-7-23(16-22)26-18-29-31-19-24(17-28-27(26)31)21-8-10-25(11-9-21)33-15-14-30-12-3-2-4-13-30/h5-11,16-20,32H,2-4,12-15H2,1H3/t20-/m0/s1. The topological polar surface area (TPSA) is 62.9 Å². The van der Waals surface area contributed by atoms with Gasteiger partial charge in [-0.15, -0.1) is 0 Å². The third kappa shape index (κ3) is 4.92. The number of nitrogens with zero attached hydrogens (tertiary/aromatic N) is 4. The van der Waals surface area contributed by atoms with Gasteiger partial charge in [-0.25, -0.2) is 9.50 Å². The average Bonchev–Trinajstić information content (AvgIpc) is 3.29. The molecule has 0 aliphatic carbocycles. The van der Waals surface area contributed by atoms with Crippen molar-refractivity contribution in [2.24, 2.45) is 0 Å². The number of likely N-dealkylation sites (tertiary alicyclic amines) is 1. The lowest BCUT2D eigenvalue weighted by Crippen LogP contribution is -2.33. The van der Waals surface area contributed by atoms with Crippen LogP contribution in [0.3, 0.4) is 0 Å². The van der Waals surface area contributed by atoms with Crippen LogP contribution in [-0.4, -0.2) is 50.8 Å². The number of fused-ring (bicyclic) bond motifs is 1. The predicted octanol–water partition coefficient (Wildman–Crippen LogP) is 4.98. The van der Waals surface area contributed by atoms with Gasteiger partial charge in [-0.1, -0.05) is 36.8 Å². The van der Waals surface area contributed by atoms with Crippen molar-refractivity contribution in [2.75, 3.05) is 26.2 Å². The van der Waals surface area contributed by atoms with Gasteiger partial charge in [0.15, 0.2) is 5.65 Å². The maximum atomic E-state index is 9.90. The Morgan fingerprint density at radius 3 is 2.58 bits per heavy atom. The molecule has 0 amide bonds. The second kappa shape index (κ2) is 9.73. The molecular weight excluding hydrogens is 412 g/mol. The van der Waals surface area contributed by atoms with Crippen molar-refractivity contribution in [3.8, 4) is 28.0 Å². The van der Waals surface area contributed by atoms with Gasteiger partial charge in [0, 0.05) is 30.1 Å². The third-order valence-corrected chi connectivity index (χ3v) is 6.35. The molecule has 6 heteroatoms. The summed E-state index contributed by atoms with van der Waals surface area (Å²) in [5.74, 6) is 0.893. The summed E-state index contributed by atoms with van der Waals surface area (Å²) in [6.07, 6.45) is 9.16. The summed E-state index contributed by atoms with van der Waals surface area (Å²) in [5.41, 5.74) is 5.67. The monoisotopic (exact) mass is 442 g/mol. The quantitative estimate of drug-likeness (QED) is 0.437. The summed E-state index contributed by atoms with van der Waals surface area (Å²) in [5, 5.41) is 14.4. The molecule has 1 aliphatic rings. The number of hydrogen-bond donors (Lipinski definition) is 1. The Morgan fingerprint density at radius 2 is 1.79 bits per heavy atom. The lowest BCUT2D eigenvalue weighted by Gasteiger charge is -2.26. The minimum absolute atomic E-state index is 0.511. The Balaban J connectivity index is 1.29. The van der Waals surface area contributed by atoms with Crippen molar-refractivity contribution in [1.29, 1.82) is 0 Å². The maximum Gasteiger partial charge on any atom is 0.162 e. The van der Waals surface area contributed by atoms with Crippen LogP contribution in [0.5, 0.6) is 5.75 Å². The van der Waals surface area contributed by atoms with Crippen LogP contribution in [0.4, 0.5) is 0 Å². The van der Waals surface area contributed by atoms with Gasteiger partial charge in [-0.3, -0.25) is 4.90 Å². The van der Waals surface area contributed by atoms with E-state index < -0.39 is 6.10 Å². The summed E-state index contributed by atoms with van der Waals surface area (Å²) in [7, 11) is 0. The van der Waals surface area contributed by atoms with Crippen molar-refractivity contribution in [3.63, 3.8) is 0 Å². The second-order valence-corrected chi connectivity index (χ2v) is 8.75. The van der Waals surface area contributed by atoms with Gasteiger partial charge in [0.1, 0.15) is 12.4 Å². The van der Waals surface area contributed by atoms with E-state index in [9.17, 15) is 5.11 Å². The Morgan fingerprint density at radius 1 is 0.970 bits per heavy atom. The maximum absolute atomic E-state index is 9.90. The van der Waals surface area contributed by atoms with Crippen LogP contribution in [0.25, 0.3) is 27.9 Å². The molecule has 2 aromatic heterocycles. The zero-order valence-corrected chi connectivity index (χ0v) is 19.0. The molecule has 5 rings (SSSR count). The van der Waals surface area contributed by atoms with Crippen LogP contribution >= 0.6 is 0 Å². The highest BCUT2D eigenvalue weighted by Crippen LogP contribution is 2.28. The number of aromatic nitrogens is 3. The minimum Gasteiger partial charge on any atom is -0.492 e. The van der Waals surface area contributed by atoms with Crippen molar-refractivity contribution >= 4 is 5.65 Å². The van der Waals surface area contributed by atoms with Gasteiger partial charge in [-0.05, 0) is 67.7 Å². The van der Waals surface area contributed by atoms with E-state index in [1.807, 2.05) is 59.5 Å². The molecule has 1 atom stereocenters. The van der Waals surface area contributed by atoms with Gasteiger partial charge in [0.05, 0.1) is 12.3 Å². The fourth-order valence-electron chi connectivity index (χ4n) is 4.41. The molecular formula is C27H30N4O2. The summed E-state index contributed by atoms with van der Waals surface area (Å²) >= 11 is 0. The Bertz CT molecular complexity index is 1210. The average molecular weight is 443 g/mol. The number of aliphatic hydroxyl groups is 1. The Labute approximate surface area is 194 Å². The number of hydrogen-bond acceptors (Lipinski definition) is 5. The Kier molecular flexibility index (Phi) is 6.37. The highest BCUT2D eigenvalue weighted by Gasteiger charge is 2.12. The van der Waals surface area contributed by atoms with E-state index in [4.69, 9.17) is 9.72 Å². The minimum atomic E-state index is -0.511. The van der Waals surface area contributed by atoms with E-state index >= 15 is 0 Å². The summed E-state index contributed by atoms with van der Waals surface area (Å²) in [6.45, 7) is 5.87. The van der Waals surface area contributed by atoms with Crippen LogP contribution in [0.15, 0.2) is 67.1 Å². The van der Waals surface area contributed by atoms with E-state index in [1.54, 1.807) is 6.92 Å². The third-order valence-electron chi connectivity index (χ3n) is 6.35. The zero-order chi connectivity index (χ0) is 22.6. The van der Waals surface area contributed by atoms with Crippen molar-refractivity contribution in [2.45, 2.75) is 32.3 Å². The molecule has 4 aromatic rings. The molecule has 6 nitrogen and oxygen atoms in total. The normalized spacial score (nSPS) is 15.6. The molecule has 0 unspecified atom stereocenters. The van der Waals surface area contributed by atoms with Gasteiger partial charge >= 0.3 is 0 Å². The SMILES string of the molecule is C[C@H](O)c1cccc(-c2cnn3cc(-c4ccc(OCCN5CCCCC5)cc4)cnc23)c1. The molecule has 170 valence electrons. The molecule has 0 saturated carbocycles. The summed E-state index contributed by atoms with van der Waals surface area (Å²) < 4.78 is 7.76. The largest absolute Gasteiger partial charge is 0.492 e. The number of ether oxygens (including phenoxy) is 1. The smallest absolute Gasteiger partial charge is 0.162 e. The number of aliphatic hydroxyl groups excluding tert-OH is 1. The molecule has 2 aromatic carbocycles. The molecule has 3 heterocycles. The van der Waals surface area contributed by atoms with E-state index in [0.717, 1.165) is 52.4 Å². The Hall–Kier alpha value is -3.22. The number of benzene rings is 2. The highest BCUT2D eigenvalue weighted by molar-refractivity contribution is 5.78. The van der Waals surface area contributed by atoms with Crippen molar-refractivity contribution in [3.05, 3.63) is 72.7 Å². The molecule has 1 fully saturated rings. The molecule has 33 heavy (non-hydrogen) atoms. The van der Waals surface area contributed by atoms with Gasteiger partial charge in [0.25, 0.3) is 0 Å². The summed E-state index contributed by atoms with van der Waals surface area (Å²) in [6, 6.07) is 16.0. The first-order valence-corrected chi connectivity index (χ1v) is 11.7. The first kappa shape index (κ1) is 21.6. The summed E-state index contributed by atoms with van der Waals surface area (Å²) in [4.78, 5) is 7.18.